The van der Waals surface area contributed by atoms with E-state index in [-0.39, 0.29) is 16.8 Å². The number of nitrogens with zero attached hydrogens (tertiary/aromatic N) is 2. The monoisotopic (exact) mass is 323 g/mol. The van der Waals surface area contributed by atoms with Gasteiger partial charge in [-0.3, -0.25) is 4.68 Å². The molecule has 116 valence electrons. The molecule has 1 unspecified atom stereocenters. The fourth-order valence-electron chi connectivity index (χ4n) is 2.90. The average Bonchev–Trinajstić information content (AvgIpc) is 2.84. The van der Waals surface area contributed by atoms with Crippen molar-refractivity contribution in [2.24, 2.45) is 5.73 Å². The molecular formula is C15H15ClFN3O2. The van der Waals surface area contributed by atoms with E-state index in [4.69, 9.17) is 17.3 Å². The SMILES string of the molecule is NC1CCCc2c1c(C(=O)O)nn2Cc1ccc(F)c(Cl)c1. The van der Waals surface area contributed by atoms with Crippen LogP contribution in [-0.4, -0.2) is 20.9 Å². The van der Waals surface area contributed by atoms with E-state index in [1.165, 1.54) is 12.1 Å². The topological polar surface area (TPSA) is 81.1 Å². The molecule has 1 heterocycles. The lowest BCUT2D eigenvalue weighted by Crippen LogP contribution is -2.20. The predicted octanol–water partition coefficient (Wildman–Crippen LogP) is 2.76. The normalized spacial score (nSPS) is 17.3. The summed E-state index contributed by atoms with van der Waals surface area (Å²) >= 11 is 5.78. The first-order chi connectivity index (χ1) is 10.5. The van der Waals surface area contributed by atoms with Gasteiger partial charge < -0.3 is 10.8 Å². The quantitative estimate of drug-likeness (QED) is 0.910. The molecule has 1 atom stereocenters. The highest BCUT2D eigenvalue weighted by Gasteiger charge is 2.29. The number of hydrogen-bond donors (Lipinski definition) is 2. The first-order valence-corrected chi connectivity index (χ1v) is 7.37. The molecule has 22 heavy (non-hydrogen) atoms. The molecule has 0 radical (unpaired) electrons. The molecule has 0 aliphatic heterocycles. The summed E-state index contributed by atoms with van der Waals surface area (Å²) < 4.78 is 14.9. The summed E-state index contributed by atoms with van der Waals surface area (Å²) in [6.45, 7) is 0.336. The van der Waals surface area contributed by atoms with Gasteiger partial charge in [0.1, 0.15) is 5.82 Å². The zero-order chi connectivity index (χ0) is 15.9. The summed E-state index contributed by atoms with van der Waals surface area (Å²) in [5.41, 5.74) is 8.28. The number of carboxylic acid groups (broad SMARTS) is 1. The van der Waals surface area contributed by atoms with Gasteiger partial charge in [0, 0.05) is 17.3 Å². The van der Waals surface area contributed by atoms with E-state index in [1.54, 1.807) is 10.7 Å². The number of nitrogens with two attached hydrogens (primary N) is 1. The Morgan fingerprint density at radius 1 is 1.55 bits per heavy atom. The van der Waals surface area contributed by atoms with E-state index in [1.807, 2.05) is 0 Å². The highest BCUT2D eigenvalue weighted by Crippen LogP contribution is 2.31. The van der Waals surface area contributed by atoms with Gasteiger partial charge in [-0.2, -0.15) is 5.10 Å². The van der Waals surface area contributed by atoms with Gasteiger partial charge in [0.2, 0.25) is 0 Å². The van der Waals surface area contributed by atoms with Crippen molar-refractivity contribution in [3.8, 4) is 0 Å². The molecule has 0 spiro atoms. The predicted molar refractivity (Wildman–Crippen MR) is 79.6 cm³/mol. The number of aromatic carboxylic acids is 1. The molecule has 0 saturated heterocycles. The van der Waals surface area contributed by atoms with Gasteiger partial charge in [-0.25, -0.2) is 9.18 Å². The first kappa shape index (κ1) is 15.0. The molecule has 0 bridgehead atoms. The molecule has 0 saturated carbocycles. The molecule has 7 heteroatoms. The van der Waals surface area contributed by atoms with Crippen molar-refractivity contribution in [3.05, 3.63) is 51.6 Å². The van der Waals surface area contributed by atoms with Gasteiger partial charge in [0.25, 0.3) is 0 Å². The summed E-state index contributed by atoms with van der Waals surface area (Å²) in [5.74, 6) is -1.56. The standard InChI is InChI=1S/C15H15ClFN3O2/c16-9-6-8(4-5-10(9)17)7-20-12-3-1-2-11(18)13(12)14(19-20)15(21)22/h4-6,11H,1-3,7,18H2,(H,21,22). The molecule has 1 aliphatic carbocycles. The fraction of sp³-hybridized carbons (Fsp3) is 0.333. The Kier molecular flexibility index (Phi) is 3.88. The second kappa shape index (κ2) is 5.70. The van der Waals surface area contributed by atoms with Crippen LogP contribution in [0.3, 0.4) is 0 Å². The Morgan fingerprint density at radius 3 is 3.00 bits per heavy atom. The number of rotatable bonds is 3. The molecule has 2 aromatic rings. The molecule has 1 aromatic carbocycles. The van der Waals surface area contributed by atoms with Gasteiger partial charge in [-0.15, -0.1) is 0 Å². The van der Waals surface area contributed by atoms with Crippen LogP contribution >= 0.6 is 11.6 Å². The highest BCUT2D eigenvalue weighted by atomic mass is 35.5. The number of hydrogen-bond acceptors (Lipinski definition) is 3. The Bertz CT molecular complexity index is 745. The summed E-state index contributed by atoms with van der Waals surface area (Å²) in [6.07, 6.45) is 2.38. The van der Waals surface area contributed by atoms with Crippen LogP contribution in [0.5, 0.6) is 0 Å². The molecule has 1 aliphatic rings. The number of fused-ring (bicyclic) bond motifs is 1. The molecule has 0 fully saturated rings. The second-order valence-corrected chi connectivity index (χ2v) is 5.83. The molecule has 3 rings (SSSR count). The van der Waals surface area contributed by atoms with E-state index < -0.39 is 11.8 Å². The minimum Gasteiger partial charge on any atom is -0.476 e. The summed E-state index contributed by atoms with van der Waals surface area (Å²) in [6, 6.07) is 4.12. The third-order valence-corrected chi connectivity index (χ3v) is 4.21. The number of carboxylic acids is 1. The van der Waals surface area contributed by atoms with Crippen molar-refractivity contribution < 1.29 is 14.3 Å². The van der Waals surface area contributed by atoms with Crippen LogP contribution in [-0.2, 0) is 13.0 Å². The smallest absolute Gasteiger partial charge is 0.356 e. The lowest BCUT2D eigenvalue weighted by molar-refractivity contribution is 0.0687. The molecule has 5 nitrogen and oxygen atoms in total. The van der Waals surface area contributed by atoms with Crippen LogP contribution in [0.4, 0.5) is 4.39 Å². The molecule has 0 amide bonds. The van der Waals surface area contributed by atoms with Crippen LogP contribution in [0.15, 0.2) is 18.2 Å². The van der Waals surface area contributed by atoms with E-state index in [0.717, 1.165) is 30.5 Å². The highest BCUT2D eigenvalue weighted by molar-refractivity contribution is 6.30. The largest absolute Gasteiger partial charge is 0.476 e. The number of halogens is 2. The van der Waals surface area contributed by atoms with Gasteiger partial charge in [-0.1, -0.05) is 17.7 Å². The zero-order valence-corrected chi connectivity index (χ0v) is 12.5. The van der Waals surface area contributed by atoms with Gasteiger partial charge in [-0.05, 0) is 37.0 Å². The van der Waals surface area contributed by atoms with Crippen molar-refractivity contribution >= 4 is 17.6 Å². The summed E-state index contributed by atoms with van der Waals surface area (Å²) in [7, 11) is 0. The maximum absolute atomic E-state index is 13.2. The fourth-order valence-corrected chi connectivity index (χ4v) is 3.10. The van der Waals surface area contributed by atoms with Gasteiger partial charge >= 0.3 is 5.97 Å². The van der Waals surface area contributed by atoms with Crippen LogP contribution in [0.2, 0.25) is 5.02 Å². The van der Waals surface area contributed by atoms with E-state index in [9.17, 15) is 14.3 Å². The Morgan fingerprint density at radius 2 is 2.32 bits per heavy atom. The van der Waals surface area contributed by atoms with E-state index in [0.29, 0.717) is 12.1 Å². The van der Waals surface area contributed by atoms with Gasteiger partial charge in [0.05, 0.1) is 11.6 Å². The minimum atomic E-state index is -1.08. The van der Waals surface area contributed by atoms with Crippen molar-refractivity contribution in [1.82, 2.24) is 9.78 Å². The van der Waals surface area contributed by atoms with Crippen LogP contribution in [0, 0.1) is 5.82 Å². The summed E-state index contributed by atoms with van der Waals surface area (Å²) in [5, 5.41) is 13.5. The number of carbonyl (C=O) groups is 1. The maximum atomic E-state index is 13.2. The maximum Gasteiger partial charge on any atom is 0.356 e. The molecular weight excluding hydrogens is 309 g/mol. The lowest BCUT2D eigenvalue weighted by atomic mass is 9.91. The van der Waals surface area contributed by atoms with Crippen molar-refractivity contribution in [2.45, 2.75) is 31.8 Å². The Hall–Kier alpha value is -1.92. The van der Waals surface area contributed by atoms with E-state index >= 15 is 0 Å². The lowest BCUT2D eigenvalue weighted by Gasteiger charge is -2.20. The Balaban J connectivity index is 2.02. The third-order valence-electron chi connectivity index (χ3n) is 3.92. The number of aromatic nitrogens is 2. The van der Waals surface area contributed by atoms with Crippen LogP contribution in [0.1, 0.15) is 46.2 Å². The summed E-state index contributed by atoms with van der Waals surface area (Å²) in [4.78, 5) is 11.4. The molecule has 1 aromatic heterocycles. The van der Waals surface area contributed by atoms with Crippen LogP contribution in [0.25, 0.3) is 0 Å². The van der Waals surface area contributed by atoms with Crippen molar-refractivity contribution in [1.29, 1.82) is 0 Å². The van der Waals surface area contributed by atoms with Crippen LogP contribution < -0.4 is 5.73 Å². The third kappa shape index (κ3) is 2.60. The van der Waals surface area contributed by atoms with Crippen molar-refractivity contribution in [3.63, 3.8) is 0 Å². The Labute approximate surface area is 131 Å². The first-order valence-electron chi connectivity index (χ1n) is 6.99. The van der Waals surface area contributed by atoms with E-state index in [2.05, 4.69) is 5.10 Å². The second-order valence-electron chi connectivity index (χ2n) is 5.42. The van der Waals surface area contributed by atoms with Gasteiger partial charge in [0.15, 0.2) is 5.69 Å². The number of benzene rings is 1. The van der Waals surface area contributed by atoms with Crippen molar-refractivity contribution in [2.75, 3.05) is 0 Å². The molecule has 3 N–H and O–H groups in total. The average molecular weight is 324 g/mol. The minimum absolute atomic E-state index is 0.00964. The zero-order valence-electron chi connectivity index (χ0n) is 11.7.